The number of phenolic OH excluding ortho intramolecular Hbond substituents is 1. The number of carbonyl (C=O) groups excluding carboxylic acids is 1. The van der Waals surface area contributed by atoms with Crippen LogP contribution in [0.25, 0.3) is 0 Å². The summed E-state index contributed by atoms with van der Waals surface area (Å²) in [6, 6.07) is 3.50. The lowest BCUT2D eigenvalue weighted by Gasteiger charge is -2.20. The lowest BCUT2D eigenvalue weighted by atomic mass is 10.2. The summed E-state index contributed by atoms with van der Waals surface area (Å²) < 4.78 is 10.6. The zero-order chi connectivity index (χ0) is 16.2. The number of benzene rings is 1. The number of aromatic hydroxyl groups is 1. The molecule has 1 saturated heterocycles. The van der Waals surface area contributed by atoms with Crippen molar-refractivity contribution >= 4 is 17.8 Å². The molecule has 0 radical (unpaired) electrons. The minimum atomic E-state index is -0.965. The molecule has 1 heterocycles. The van der Waals surface area contributed by atoms with Gasteiger partial charge in [-0.05, 0) is 13.0 Å². The number of non-ortho nitro benzene ring substituents is 1. The second-order valence-electron chi connectivity index (χ2n) is 4.80. The van der Waals surface area contributed by atoms with Gasteiger partial charge in [0, 0.05) is 17.7 Å². The van der Waals surface area contributed by atoms with Crippen molar-refractivity contribution in [2.75, 3.05) is 13.2 Å². The van der Waals surface area contributed by atoms with Gasteiger partial charge >= 0.3 is 0 Å². The number of nitro groups is 1. The van der Waals surface area contributed by atoms with E-state index in [-0.39, 0.29) is 23.4 Å². The third kappa shape index (κ3) is 3.99. The summed E-state index contributed by atoms with van der Waals surface area (Å²) in [6.45, 7) is 2.50. The molecule has 1 aromatic rings. The maximum Gasteiger partial charge on any atom is 0.270 e. The molecule has 0 spiro atoms. The molecule has 1 aliphatic heterocycles. The van der Waals surface area contributed by atoms with Crippen LogP contribution in [0.2, 0.25) is 0 Å². The van der Waals surface area contributed by atoms with Crippen molar-refractivity contribution in [2.45, 2.75) is 19.1 Å². The third-order valence-electron chi connectivity index (χ3n) is 2.99. The molecule has 1 amide bonds. The van der Waals surface area contributed by atoms with E-state index >= 15 is 0 Å². The molecular weight excluding hydrogens is 294 g/mol. The van der Waals surface area contributed by atoms with Gasteiger partial charge in [0.1, 0.15) is 5.75 Å². The predicted molar refractivity (Wildman–Crippen MR) is 75.4 cm³/mol. The molecule has 0 unspecified atom stereocenters. The number of phenols is 1. The largest absolute Gasteiger partial charge is 0.507 e. The predicted octanol–water partition coefficient (Wildman–Crippen LogP) is 0.904. The Kier molecular flexibility index (Phi) is 4.68. The zero-order valence-electron chi connectivity index (χ0n) is 11.8. The fraction of sp³-hybridized carbons (Fsp3) is 0.385. The number of amides is 1. The van der Waals surface area contributed by atoms with Crippen LogP contribution >= 0.6 is 0 Å². The first kappa shape index (κ1) is 15.9. The first-order valence-electron chi connectivity index (χ1n) is 6.47. The Morgan fingerprint density at radius 3 is 2.86 bits per heavy atom. The van der Waals surface area contributed by atoms with Crippen molar-refractivity contribution in [2.24, 2.45) is 5.10 Å². The maximum atomic E-state index is 11.7. The van der Waals surface area contributed by atoms with E-state index in [0.717, 1.165) is 12.3 Å². The molecule has 0 aromatic heterocycles. The highest BCUT2D eigenvalue weighted by molar-refractivity contribution is 5.86. The molecule has 2 rings (SSSR count). The van der Waals surface area contributed by atoms with E-state index in [1.54, 1.807) is 6.92 Å². The lowest BCUT2D eigenvalue weighted by molar-refractivity contribution is -0.384. The summed E-state index contributed by atoms with van der Waals surface area (Å²) in [5.41, 5.74) is 2.18. The fourth-order valence-corrected chi connectivity index (χ4v) is 1.92. The van der Waals surface area contributed by atoms with Gasteiger partial charge in [-0.2, -0.15) is 5.10 Å². The van der Waals surface area contributed by atoms with Crippen LogP contribution in [-0.2, 0) is 14.3 Å². The Morgan fingerprint density at radius 2 is 2.23 bits per heavy atom. The van der Waals surface area contributed by atoms with Gasteiger partial charge in [0.2, 0.25) is 5.91 Å². The van der Waals surface area contributed by atoms with Gasteiger partial charge in [0.15, 0.2) is 5.79 Å². The van der Waals surface area contributed by atoms with E-state index in [0.29, 0.717) is 13.2 Å². The Labute approximate surface area is 125 Å². The molecule has 9 nitrogen and oxygen atoms in total. The molecule has 0 aliphatic carbocycles. The van der Waals surface area contributed by atoms with E-state index in [4.69, 9.17) is 9.47 Å². The quantitative estimate of drug-likeness (QED) is 0.473. The Morgan fingerprint density at radius 1 is 1.55 bits per heavy atom. The van der Waals surface area contributed by atoms with Crippen molar-refractivity contribution < 1.29 is 24.3 Å². The fourth-order valence-electron chi connectivity index (χ4n) is 1.92. The topological polar surface area (TPSA) is 123 Å². The van der Waals surface area contributed by atoms with Crippen LogP contribution in [0, 0.1) is 10.1 Å². The summed E-state index contributed by atoms with van der Waals surface area (Å²) in [7, 11) is 0. The number of nitrogens with one attached hydrogen (secondary N) is 1. The minimum Gasteiger partial charge on any atom is -0.507 e. The maximum absolute atomic E-state index is 11.7. The van der Waals surface area contributed by atoms with Crippen LogP contribution in [-0.4, -0.2) is 41.2 Å². The van der Waals surface area contributed by atoms with E-state index in [9.17, 15) is 20.0 Å². The highest BCUT2D eigenvalue weighted by Gasteiger charge is 2.33. The van der Waals surface area contributed by atoms with Gasteiger partial charge in [-0.25, -0.2) is 5.43 Å². The average molecular weight is 309 g/mol. The summed E-state index contributed by atoms with van der Waals surface area (Å²) >= 11 is 0. The van der Waals surface area contributed by atoms with Crippen molar-refractivity contribution in [3.63, 3.8) is 0 Å². The average Bonchev–Trinajstić information content (AvgIpc) is 2.86. The van der Waals surface area contributed by atoms with Gasteiger partial charge in [-0.3, -0.25) is 14.9 Å². The highest BCUT2D eigenvalue weighted by Crippen LogP contribution is 2.22. The molecule has 0 bridgehead atoms. The Bertz CT molecular complexity index is 610. The number of nitrogens with zero attached hydrogens (tertiary/aromatic N) is 2. The van der Waals surface area contributed by atoms with Crippen LogP contribution in [0.5, 0.6) is 5.75 Å². The smallest absolute Gasteiger partial charge is 0.270 e. The van der Waals surface area contributed by atoms with Crippen LogP contribution in [0.3, 0.4) is 0 Å². The van der Waals surface area contributed by atoms with E-state index < -0.39 is 16.6 Å². The van der Waals surface area contributed by atoms with Gasteiger partial charge in [0.25, 0.3) is 5.69 Å². The standard InChI is InChI=1S/C13H15N3O6/c1-13(21-4-5-22-13)7-12(18)15-14-8-9-6-10(16(19)20)2-3-11(9)17/h2-3,6,8,17H,4-5,7H2,1H3,(H,15,18)/b14-8+. The van der Waals surface area contributed by atoms with Gasteiger partial charge in [-0.15, -0.1) is 0 Å². The van der Waals surface area contributed by atoms with Gasteiger partial charge < -0.3 is 14.6 Å². The van der Waals surface area contributed by atoms with Crippen LogP contribution in [0.1, 0.15) is 18.9 Å². The molecule has 0 saturated carbocycles. The number of rotatable bonds is 5. The molecule has 0 atom stereocenters. The normalized spacial score (nSPS) is 16.8. The second-order valence-corrected chi connectivity index (χ2v) is 4.80. The van der Waals surface area contributed by atoms with E-state index in [1.807, 2.05) is 0 Å². The van der Waals surface area contributed by atoms with Crippen molar-refractivity contribution in [1.82, 2.24) is 5.43 Å². The van der Waals surface area contributed by atoms with E-state index in [2.05, 4.69) is 10.5 Å². The van der Waals surface area contributed by atoms with Gasteiger partial charge in [-0.1, -0.05) is 0 Å². The highest BCUT2D eigenvalue weighted by atomic mass is 16.7. The van der Waals surface area contributed by atoms with Crippen LogP contribution in [0.15, 0.2) is 23.3 Å². The molecule has 118 valence electrons. The van der Waals surface area contributed by atoms with Crippen LogP contribution in [0.4, 0.5) is 5.69 Å². The third-order valence-corrected chi connectivity index (χ3v) is 2.99. The monoisotopic (exact) mass is 309 g/mol. The van der Waals surface area contributed by atoms with Crippen LogP contribution < -0.4 is 5.43 Å². The first-order valence-corrected chi connectivity index (χ1v) is 6.47. The summed E-state index contributed by atoms with van der Waals surface area (Å²) in [5.74, 6) is -1.59. The Hall–Kier alpha value is -2.52. The molecule has 22 heavy (non-hydrogen) atoms. The molecule has 1 aromatic carbocycles. The number of hydrogen-bond acceptors (Lipinski definition) is 7. The number of hydrazone groups is 1. The minimum absolute atomic E-state index is 0.0364. The molecule has 9 heteroatoms. The first-order chi connectivity index (χ1) is 10.4. The molecule has 2 N–H and O–H groups in total. The molecular formula is C13H15N3O6. The van der Waals surface area contributed by atoms with Gasteiger partial charge in [0.05, 0.1) is 30.8 Å². The van der Waals surface area contributed by atoms with Crippen molar-refractivity contribution in [3.05, 3.63) is 33.9 Å². The SMILES string of the molecule is CC1(CC(=O)N/N=C/c2cc([N+](=O)[O-])ccc2O)OCCO1. The summed E-state index contributed by atoms with van der Waals surface area (Å²) in [5, 5.41) is 23.9. The molecule has 1 fully saturated rings. The number of ether oxygens (including phenoxy) is 2. The van der Waals surface area contributed by atoms with Crippen molar-refractivity contribution in [1.29, 1.82) is 0 Å². The number of carbonyl (C=O) groups is 1. The summed E-state index contributed by atoms with van der Waals surface area (Å²) in [4.78, 5) is 21.8. The Balaban J connectivity index is 1.96. The van der Waals surface area contributed by atoms with E-state index in [1.165, 1.54) is 12.1 Å². The number of hydrogen-bond donors (Lipinski definition) is 2. The molecule has 1 aliphatic rings. The zero-order valence-corrected chi connectivity index (χ0v) is 11.8. The second kappa shape index (κ2) is 6.50. The van der Waals surface area contributed by atoms with Crippen molar-refractivity contribution in [3.8, 4) is 5.75 Å². The summed E-state index contributed by atoms with van der Waals surface area (Å²) in [6.07, 6.45) is 1.09. The lowest BCUT2D eigenvalue weighted by Crippen LogP contribution is -2.33. The number of nitro benzene ring substituents is 1.